The molecule has 4 rings (SSSR count). The molecule has 6 nitrogen and oxygen atoms in total. The fourth-order valence-corrected chi connectivity index (χ4v) is 4.75. The van der Waals surface area contributed by atoms with E-state index in [1.165, 1.54) is 5.56 Å². The van der Waals surface area contributed by atoms with Crippen LogP contribution in [-0.2, 0) is 11.2 Å². The molecule has 0 unspecified atom stereocenters. The van der Waals surface area contributed by atoms with E-state index in [0.717, 1.165) is 72.2 Å². The van der Waals surface area contributed by atoms with Crippen LogP contribution in [0.25, 0.3) is 22.3 Å². The molecule has 0 bridgehead atoms. The maximum Gasteiger partial charge on any atom is 0.230 e. The van der Waals surface area contributed by atoms with Crippen molar-refractivity contribution in [3.05, 3.63) is 35.5 Å². The number of fused-ring (bicyclic) bond motifs is 1. The number of benzene rings is 1. The Hall–Kier alpha value is -2.60. The second-order valence-corrected chi connectivity index (χ2v) is 10.4. The van der Waals surface area contributed by atoms with E-state index in [-0.39, 0.29) is 23.8 Å². The Morgan fingerprint density at radius 2 is 1.97 bits per heavy atom. The van der Waals surface area contributed by atoms with Crippen molar-refractivity contribution in [3.8, 4) is 11.4 Å². The number of aliphatic hydroxyl groups is 1. The molecule has 32 heavy (non-hydrogen) atoms. The Kier molecular flexibility index (Phi) is 6.42. The van der Waals surface area contributed by atoms with E-state index in [1.54, 1.807) is 4.90 Å². The summed E-state index contributed by atoms with van der Waals surface area (Å²) in [6, 6.07) is 8.18. The maximum absolute atomic E-state index is 13.1. The summed E-state index contributed by atoms with van der Waals surface area (Å²) >= 11 is 0. The minimum absolute atomic E-state index is 0.0455. The zero-order valence-corrected chi connectivity index (χ0v) is 19.8. The van der Waals surface area contributed by atoms with Gasteiger partial charge in [0, 0.05) is 40.3 Å². The highest BCUT2D eigenvalue weighted by atomic mass is 16.3. The molecule has 1 aliphatic rings. The van der Waals surface area contributed by atoms with Gasteiger partial charge in [-0.3, -0.25) is 9.89 Å². The van der Waals surface area contributed by atoms with Crippen LogP contribution in [0.15, 0.2) is 24.3 Å². The van der Waals surface area contributed by atoms with Crippen molar-refractivity contribution >= 4 is 22.5 Å². The van der Waals surface area contributed by atoms with Crippen molar-refractivity contribution in [3.63, 3.8) is 0 Å². The summed E-state index contributed by atoms with van der Waals surface area (Å²) in [6.45, 7) is 9.14. The van der Waals surface area contributed by atoms with E-state index >= 15 is 0 Å². The third-order valence-corrected chi connectivity index (χ3v) is 6.67. The normalized spacial score (nSPS) is 15.0. The first-order valence-electron chi connectivity index (χ1n) is 11.9. The molecule has 1 aromatic carbocycles. The van der Waals surface area contributed by atoms with E-state index in [2.05, 4.69) is 48.9 Å². The number of hydrogen-bond donors (Lipinski definition) is 3. The Morgan fingerprint density at radius 3 is 2.66 bits per heavy atom. The molecule has 2 heterocycles. The number of hydrogen-bond acceptors (Lipinski definition) is 3. The van der Waals surface area contributed by atoms with Gasteiger partial charge in [-0.1, -0.05) is 39.7 Å². The molecule has 0 radical (unpaired) electrons. The van der Waals surface area contributed by atoms with Gasteiger partial charge in [0.1, 0.15) is 5.69 Å². The molecule has 1 amide bonds. The first kappa shape index (κ1) is 22.6. The van der Waals surface area contributed by atoms with Crippen molar-refractivity contribution in [2.24, 2.45) is 11.3 Å². The summed E-state index contributed by atoms with van der Waals surface area (Å²) < 4.78 is 0. The number of aromatic nitrogens is 3. The lowest BCUT2D eigenvalue weighted by molar-refractivity contribution is -0.122. The van der Waals surface area contributed by atoms with Gasteiger partial charge in [0.05, 0.1) is 12.3 Å². The average Bonchev–Trinajstić information content (AvgIpc) is 3.48. The second kappa shape index (κ2) is 9.10. The van der Waals surface area contributed by atoms with Gasteiger partial charge in [-0.2, -0.15) is 5.10 Å². The Balaban J connectivity index is 1.64. The van der Waals surface area contributed by atoms with Gasteiger partial charge in [0.2, 0.25) is 5.91 Å². The lowest BCUT2D eigenvalue weighted by Gasteiger charge is -2.25. The quantitative estimate of drug-likeness (QED) is 0.466. The van der Waals surface area contributed by atoms with Crippen molar-refractivity contribution in [2.45, 2.75) is 66.2 Å². The summed E-state index contributed by atoms with van der Waals surface area (Å²) in [5.41, 5.74) is 6.40. The number of nitrogens with one attached hydrogen (secondary N) is 2. The Morgan fingerprint density at radius 1 is 1.22 bits per heavy atom. The van der Waals surface area contributed by atoms with E-state index < -0.39 is 0 Å². The summed E-state index contributed by atoms with van der Waals surface area (Å²) in [7, 11) is 0. The Labute approximate surface area is 190 Å². The molecular formula is C26H36N4O2. The first-order valence-corrected chi connectivity index (χ1v) is 11.9. The van der Waals surface area contributed by atoms with Crippen LogP contribution in [-0.4, -0.2) is 39.3 Å². The minimum atomic E-state index is -0.0455. The summed E-state index contributed by atoms with van der Waals surface area (Å²) in [4.78, 5) is 18.4. The number of rotatable bonds is 7. The van der Waals surface area contributed by atoms with Gasteiger partial charge in [-0.15, -0.1) is 0 Å². The molecule has 172 valence electrons. The smallest absolute Gasteiger partial charge is 0.230 e. The van der Waals surface area contributed by atoms with E-state index in [1.807, 2.05) is 18.2 Å². The van der Waals surface area contributed by atoms with E-state index in [0.29, 0.717) is 6.54 Å². The molecule has 1 saturated carbocycles. The summed E-state index contributed by atoms with van der Waals surface area (Å²) in [5, 5.41) is 18.4. The summed E-state index contributed by atoms with van der Waals surface area (Å²) in [5.74, 6) is 0.212. The highest BCUT2D eigenvalue weighted by molar-refractivity contribution is 5.98. The van der Waals surface area contributed by atoms with Crippen LogP contribution in [0.4, 0.5) is 5.69 Å². The van der Waals surface area contributed by atoms with Crippen LogP contribution in [0.2, 0.25) is 0 Å². The monoisotopic (exact) mass is 436 g/mol. The molecular weight excluding hydrogens is 400 g/mol. The number of carbonyl (C=O) groups is 1. The van der Waals surface area contributed by atoms with Crippen LogP contribution in [0.1, 0.15) is 64.1 Å². The number of aryl methyl sites for hydroxylation is 1. The predicted octanol–water partition coefficient (Wildman–Crippen LogP) is 5.36. The topological polar surface area (TPSA) is 85.0 Å². The lowest BCUT2D eigenvalue weighted by atomic mass is 9.88. The highest BCUT2D eigenvalue weighted by Crippen LogP contribution is 2.33. The van der Waals surface area contributed by atoms with Gasteiger partial charge in [-0.05, 0) is 56.2 Å². The highest BCUT2D eigenvalue weighted by Gasteiger charge is 2.28. The zero-order chi connectivity index (χ0) is 22.9. The molecule has 0 atom stereocenters. The number of aromatic amines is 2. The number of aliphatic hydroxyl groups excluding tert-OH is 1. The van der Waals surface area contributed by atoms with Gasteiger partial charge in [-0.25, -0.2) is 0 Å². The Bertz CT molecular complexity index is 1080. The van der Waals surface area contributed by atoms with Crippen LogP contribution >= 0.6 is 0 Å². The number of H-pyrrole nitrogens is 2. The first-order chi connectivity index (χ1) is 15.3. The van der Waals surface area contributed by atoms with Gasteiger partial charge < -0.3 is 15.0 Å². The number of carbonyl (C=O) groups excluding carboxylic acids is 1. The third-order valence-electron chi connectivity index (χ3n) is 6.67. The molecule has 6 heteroatoms. The molecule has 2 aromatic heterocycles. The molecule has 3 aromatic rings. The SMILES string of the molecule is Cc1[nH]nc(-c2cc3ccc(N(CCO)C(=O)C4CCCC4)cc3[nH]2)c1CCC(C)(C)C. The maximum atomic E-state index is 13.1. The largest absolute Gasteiger partial charge is 0.395 e. The van der Waals surface area contributed by atoms with Crippen LogP contribution in [0, 0.1) is 18.3 Å². The van der Waals surface area contributed by atoms with Crippen LogP contribution < -0.4 is 4.90 Å². The molecule has 1 aliphatic carbocycles. The number of anilines is 1. The molecule has 0 aliphatic heterocycles. The zero-order valence-electron chi connectivity index (χ0n) is 19.8. The van der Waals surface area contributed by atoms with Crippen molar-refractivity contribution in [1.29, 1.82) is 0 Å². The fourth-order valence-electron chi connectivity index (χ4n) is 4.75. The van der Waals surface area contributed by atoms with Crippen LogP contribution in [0.5, 0.6) is 0 Å². The van der Waals surface area contributed by atoms with Gasteiger partial charge in [0.15, 0.2) is 0 Å². The average molecular weight is 437 g/mol. The predicted molar refractivity (Wildman–Crippen MR) is 130 cm³/mol. The van der Waals surface area contributed by atoms with Crippen molar-refractivity contribution in [2.75, 3.05) is 18.1 Å². The lowest BCUT2D eigenvalue weighted by Crippen LogP contribution is -2.37. The molecule has 0 saturated heterocycles. The van der Waals surface area contributed by atoms with Crippen molar-refractivity contribution < 1.29 is 9.90 Å². The van der Waals surface area contributed by atoms with Crippen LogP contribution in [0.3, 0.4) is 0 Å². The summed E-state index contributed by atoms with van der Waals surface area (Å²) in [6.07, 6.45) is 6.19. The number of amides is 1. The standard InChI is InChI=1S/C26H36N4O2/c1-17-21(11-12-26(2,3)4)24(29-28-17)23-15-19-9-10-20(16-22(19)27-23)30(13-14-31)25(32)18-7-5-6-8-18/h9-10,15-16,18,27,31H,5-8,11-14H2,1-4H3,(H,28,29). The van der Waals surface area contributed by atoms with Crippen molar-refractivity contribution in [1.82, 2.24) is 15.2 Å². The molecule has 3 N–H and O–H groups in total. The van der Waals surface area contributed by atoms with Gasteiger partial charge >= 0.3 is 0 Å². The van der Waals surface area contributed by atoms with Gasteiger partial charge in [0.25, 0.3) is 0 Å². The third kappa shape index (κ3) is 4.75. The molecule has 0 spiro atoms. The molecule has 1 fully saturated rings. The second-order valence-electron chi connectivity index (χ2n) is 10.4. The minimum Gasteiger partial charge on any atom is -0.395 e. The fraction of sp³-hybridized carbons (Fsp3) is 0.538. The van der Waals surface area contributed by atoms with E-state index in [4.69, 9.17) is 0 Å². The number of nitrogens with zero attached hydrogens (tertiary/aromatic N) is 2. The van der Waals surface area contributed by atoms with E-state index in [9.17, 15) is 9.90 Å².